The van der Waals surface area contributed by atoms with E-state index in [0.717, 1.165) is 19.3 Å². The third-order valence-corrected chi connectivity index (χ3v) is 2.64. The highest BCUT2D eigenvalue weighted by molar-refractivity contribution is 5.37. The zero-order valence-electron chi connectivity index (χ0n) is 7.70. The molecule has 4 nitrogen and oxygen atoms in total. The van der Waals surface area contributed by atoms with Crippen LogP contribution in [0.5, 0.6) is 0 Å². The molecule has 0 atom stereocenters. The molecule has 0 amide bonds. The molecule has 0 aromatic carbocycles. The number of nitrogens with one attached hydrogen (secondary N) is 1. The standard InChI is InChI=1S/C9H12FN3O/c10-7-4-8(12-6-11-7)13-9(5-14)2-1-3-9/h4,6,14H,1-3,5H2,(H,11,12,13). The Morgan fingerprint density at radius 3 is 2.79 bits per heavy atom. The Kier molecular flexibility index (Phi) is 2.33. The molecule has 0 aliphatic heterocycles. The molecule has 0 spiro atoms. The minimum atomic E-state index is -0.560. The Balaban J connectivity index is 2.09. The summed E-state index contributed by atoms with van der Waals surface area (Å²) >= 11 is 0. The van der Waals surface area contributed by atoms with Gasteiger partial charge in [0.2, 0.25) is 5.95 Å². The highest BCUT2D eigenvalue weighted by atomic mass is 19.1. The summed E-state index contributed by atoms with van der Waals surface area (Å²) < 4.78 is 12.7. The summed E-state index contributed by atoms with van der Waals surface area (Å²) in [5.41, 5.74) is -0.291. The molecular formula is C9H12FN3O. The molecule has 1 aliphatic rings. The molecular weight excluding hydrogens is 185 g/mol. The van der Waals surface area contributed by atoms with Gasteiger partial charge in [-0.25, -0.2) is 9.97 Å². The average molecular weight is 197 g/mol. The van der Waals surface area contributed by atoms with E-state index in [1.807, 2.05) is 0 Å². The highest BCUT2D eigenvalue weighted by Gasteiger charge is 2.36. The topological polar surface area (TPSA) is 58.0 Å². The second kappa shape index (κ2) is 3.49. The summed E-state index contributed by atoms with van der Waals surface area (Å²) in [6.45, 7) is 0.0542. The minimum Gasteiger partial charge on any atom is -0.394 e. The maximum Gasteiger partial charge on any atom is 0.217 e. The molecule has 0 bridgehead atoms. The average Bonchev–Trinajstić information content (AvgIpc) is 2.11. The smallest absolute Gasteiger partial charge is 0.217 e. The van der Waals surface area contributed by atoms with E-state index in [4.69, 9.17) is 5.11 Å². The molecule has 1 aromatic heterocycles. The number of halogens is 1. The molecule has 0 radical (unpaired) electrons. The van der Waals surface area contributed by atoms with Crippen LogP contribution >= 0.6 is 0 Å². The molecule has 14 heavy (non-hydrogen) atoms. The van der Waals surface area contributed by atoms with Gasteiger partial charge in [-0.2, -0.15) is 4.39 Å². The van der Waals surface area contributed by atoms with E-state index in [0.29, 0.717) is 5.82 Å². The second-order valence-corrected chi connectivity index (χ2v) is 3.64. The minimum absolute atomic E-state index is 0.0542. The second-order valence-electron chi connectivity index (χ2n) is 3.64. The van der Waals surface area contributed by atoms with Crippen molar-refractivity contribution >= 4 is 5.82 Å². The van der Waals surface area contributed by atoms with Gasteiger partial charge in [0.05, 0.1) is 12.1 Å². The molecule has 1 heterocycles. The van der Waals surface area contributed by atoms with E-state index in [-0.39, 0.29) is 12.1 Å². The molecule has 5 heteroatoms. The number of aromatic nitrogens is 2. The number of aliphatic hydroxyl groups excluding tert-OH is 1. The van der Waals surface area contributed by atoms with Crippen molar-refractivity contribution in [2.24, 2.45) is 0 Å². The van der Waals surface area contributed by atoms with Crippen LogP contribution in [0.2, 0.25) is 0 Å². The van der Waals surface area contributed by atoms with Crippen LogP contribution in [0, 0.1) is 5.95 Å². The highest BCUT2D eigenvalue weighted by Crippen LogP contribution is 2.34. The lowest BCUT2D eigenvalue weighted by molar-refractivity contribution is 0.143. The van der Waals surface area contributed by atoms with Crippen molar-refractivity contribution < 1.29 is 9.50 Å². The van der Waals surface area contributed by atoms with Crippen LogP contribution < -0.4 is 5.32 Å². The lowest BCUT2D eigenvalue weighted by Crippen LogP contribution is -2.48. The van der Waals surface area contributed by atoms with Crippen LogP contribution in [-0.4, -0.2) is 27.2 Å². The van der Waals surface area contributed by atoms with E-state index >= 15 is 0 Å². The zero-order chi connectivity index (χ0) is 10.0. The molecule has 1 fully saturated rings. The number of hydrogen-bond acceptors (Lipinski definition) is 4. The van der Waals surface area contributed by atoms with Crippen LogP contribution in [0.3, 0.4) is 0 Å². The number of rotatable bonds is 3. The summed E-state index contributed by atoms with van der Waals surface area (Å²) in [6, 6.07) is 1.23. The lowest BCUT2D eigenvalue weighted by atomic mass is 9.77. The molecule has 1 saturated carbocycles. The lowest BCUT2D eigenvalue weighted by Gasteiger charge is -2.41. The van der Waals surface area contributed by atoms with E-state index in [9.17, 15) is 4.39 Å². The Morgan fingerprint density at radius 2 is 2.29 bits per heavy atom. The Labute approximate surface area is 81.2 Å². The van der Waals surface area contributed by atoms with Gasteiger partial charge in [0.25, 0.3) is 0 Å². The number of hydrogen-bond donors (Lipinski definition) is 2. The Bertz CT molecular complexity index is 322. The monoisotopic (exact) mass is 197 g/mol. The van der Waals surface area contributed by atoms with Gasteiger partial charge in [0.15, 0.2) is 0 Å². The van der Waals surface area contributed by atoms with Gasteiger partial charge in [-0.3, -0.25) is 0 Å². The maximum atomic E-state index is 12.7. The predicted octanol–water partition coefficient (Wildman–Crippen LogP) is 0.943. The number of aliphatic hydroxyl groups is 1. The SMILES string of the molecule is OCC1(Nc2cc(F)ncn2)CCC1. The summed E-state index contributed by atoms with van der Waals surface area (Å²) in [5.74, 6) is -0.124. The quantitative estimate of drug-likeness (QED) is 0.708. The predicted molar refractivity (Wildman–Crippen MR) is 49.3 cm³/mol. The van der Waals surface area contributed by atoms with Crippen LogP contribution in [0.25, 0.3) is 0 Å². The molecule has 2 rings (SSSR count). The van der Waals surface area contributed by atoms with Gasteiger partial charge in [0, 0.05) is 6.07 Å². The van der Waals surface area contributed by atoms with Crippen molar-refractivity contribution in [3.63, 3.8) is 0 Å². The third-order valence-electron chi connectivity index (χ3n) is 2.64. The van der Waals surface area contributed by atoms with Crippen LogP contribution in [0.15, 0.2) is 12.4 Å². The van der Waals surface area contributed by atoms with Crippen molar-refractivity contribution in [3.05, 3.63) is 18.3 Å². The van der Waals surface area contributed by atoms with Crippen molar-refractivity contribution in [1.29, 1.82) is 0 Å². The summed E-state index contributed by atoms with van der Waals surface area (Å²) in [4.78, 5) is 7.24. The fraction of sp³-hybridized carbons (Fsp3) is 0.556. The van der Waals surface area contributed by atoms with Crippen molar-refractivity contribution in [2.75, 3.05) is 11.9 Å². The summed E-state index contributed by atoms with van der Waals surface area (Å²) in [6.07, 6.45) is 4.05. The zero-order valence-corrected chi connectivity index (χ0v) is 7.70. The fourth-order valence-electron chi connectivity index (χ4n) is 1.60. The van der Waals surface area contributed by atoms with Crippen molar-refractivity contribution in [2.45, 2.75) is 24.8 Å². The normalized spacial score (nSPS) is 18.7. The van der Waals surface area contributed by atoms with E-state index in [1.165, 1.54) is 12.4 Å². The van der Waals surface area contributed by atoms with E-state index in [2.05, 4.69) is 15.3 Å². The van der Waals surface area contributed by atoms with Gasteiger partial charge in [-0.05, 0) is 19.3 Å². The molecule has 0 saturated heterocycles. The van der Waals surface area contributed by atoms with Crippen LogP contribution in [0.1, 0.15) is 19.3 Å². The first-order valence-electron chi connectivity index (χ1n) is 4.61. The van der Waals surface area contributed by atoms with Gasteiger partial charge >= 0.3 is 0 Å². The first-order chi connectivity index (χ1) is 6.74. The van der Waals surface area contributed by atoms with Crippen LogP contribution in [-0.2, 0) is 0 Å². The van der Waals surface area contributed by atoms with Crippen molar-refractivity contribution in [3.8, 4) is 0 Å². The largest absolute Gasteiger partial charge is 0.394 e. The molecule has 1 aliphatic carbocycles. The van der Waals surface area contributed by atoms with E-state index < -0.39 is 5.95 Å². The van der Waals surface area contributed by atoms with Crippen molar-refractivity contribution in [1.82, 2.24) is 9.97 Å². The Hall–Kier alpha value is -1.23. The third kappa shape index (κ3) is 1.68. The van der Waals surface area contributed by atoms with Crippen LogP contribution in [0.4, 0.5) is 10.2 Å². The first kappa shape index (κ1) is 9.33. The summed E-state index contributed by atoms with van der Waals surface area (Å²) in [5, 5.41) is 12.2. The number of anilines is 1. The van der Waals surface area contributed by atoms with E-state index in [1.54, 1.807) is 0 Å². The number of nitrogens with zero attached hydrogens (tertiary/aromatic N) is 2. The molecule has 0 unspecified atom stereocenters. The van der Waals surface area contributed by atoms with Gasteiger partial charge in [0.1, 0.15) is 12.1 Å². The molecule has 1 aromatic rings. The van der Waals surface area contributed by atoms with Gasteiger partial charge in [-0.1, -0.05) is 0 Å². The van der Waals surface area contributed by atoms with Gasteiger partial charge < -0.3 is 10.4 Å². The Morgan fingerprint density at radius 1 is 1.50 bits per heavy atom. The summed E-state index contributed by atoms with van der Waals surface area (Å²) in [7, 11) is 0. The van der Waals surface area contributed by atoms with Gasteiger partial charge in [-0.15, -0.1) is 0 Å². The first-order valence-corrected chi connectivity index (χ1v) is 4.61. The molecule has 76 valence electrons. The molecule has 2 N–H and O–H groups in total. The maximum absolute atomic E-state index is 12.7. The fourth-order valence-corrected chi connectivity index (χ4v) is 1.60.